The number of hydrogen-bond donors (Lipinski definition) is 2. The number of nitrogens with two attached hydrogens (primary N) is 2. The monoisotopic (exact) mass is 144 g/mol. The molecule has 2 heteroatoms. The highest BCUT2D eigenvalue weighted by Gasteiger charge is 1.81. The van der Waals surface area contributed by atoms with Crippen molar-refractivity contribution in [2.45, 2.75) is 39.0 Å². The first-order valence-corrected chi connectivity index (χ1v) is 3.86. The maximum Gasteiger partial charge on any atom is -0.0353 e. The number of hydrazine groups is 1. The molecule has 0 radical (unpaired) electrons. The number of allylic oxidation sites excluding steroid dienone is 1. The quantitative estimate of drug-likeness (QED) is 0.268. The third-order valence-corrected chi connectivity index (χ3v) is 1.26. The second-order valence-electron chi connectivity index (χ2n) is 2.14. The van der Waals surface area contributed by atoms with E-state index in [0.29, 0.717) is 0 Å². The Morgan fingerprint density at radius 1 is 1.20 bits per heavy atom. The zero-order chi connectivity index (χ0) is 8.24. The van der Waals surface area contributed by atoms with E-state index in [1.807, 2.05) is 6.08 Å². The van der Waals surface area contributed by atoms with Crippen LogP contribution in [-0.4, -0.2) is 0 Å². The third kappa shape index (κ3) is 15.6. The lowest BCUT2D eigenvalue weighted by molar-refractivity contribution is 0.675. The maximum absolute atomic E-state index is 4.00. The van der Waals surface area contributed by atoms with Crippen LogP contribution in [0.5, 0.6) is 0 Å². The summed E-state index contributed by atoms with van der Waals surface area (Å²) in [6.45, 7) is 5.89. The minimum Gasteiger partial charge on any atom is -0.274 e. The van der Waals surface area contributed by atoms with Gasteiger partial charge in [-0.3, -0.25) is 11.7 Å². The summed E-state index contributed by atoms with van der Waals surface area (Å²) in [4.78, 5) is 0. The van der Waals surface area contributed by atoms with Gasteiger partial charge in [0, 0.05) is 0 Å². The molecule has 62 valence electrons. The van der Waals surface area contributed by atoms with Crippen molar-refractivity contribution in [2.24, 2.45) is 11.7 Å². The van der Waals surface area contributed by atoms with Crippen LogP contribution < -0.4 is 11.7 Å². The first-order chi connectivity index (χ1) is 4.91. The minimum atomic E-state index is 1.19. The van der Waals surface area contributed by atoms with Gasteiger partial charge in [-0.15, -0.1) is 6.58 Å². The van der Waals surface area contributed by atoms with Crippen molar-refractivity contribution in [3.8, 4) is 0 Å². The fourth-order valence-corrected chi connectivity index (χ4v) is 0.715. The Morgan fingerprint density at radius 3 is 2.20 bits per heavy atom. The second kappa shape index (κ2) is 15.9. The van der Waals surface area contributed by atoms with Crippen molar-refractivity contribution in [1.29, 1.82) is 0 Å². The molecule has 0 bridgehead atoms. The van der Waals surface area contributed by atoms with E-state index in [-0.39, 0.29) is 0 Å². The lowest BCUT2D eigenvalue weighted by Gasteiger charge is -1.91. The summed E-state index contributed by atoms with van der Waals surface area (Å²) >= 11 is 0. The summed E-state index contributed by atoms with van der Waals surface area (Å²) in [6, 6.07) is 0. The average Bonchev–Trinajstić information content (AvgIpc) is 2.02. The molecule has 2 nitrogen and oxygen atoms in total. The fraction of sp³-hybridized carbons (Fsp3) is 0.750. The van der Waals surface area contributed by atoms with Crippen LogP contribution in [0.15, 0.2) is 12.7 Å². The van der Waals surface area contributed by atoms with Gasteiger partial charge in [0.15, 0.2) is 0 Å². The molecule has 0 aliphatic carbocycles. The number of hydrogen-bond acceptors (Lipinski definition) is 2. The lowest BCUT2D eigenvalue weighted by Crippen LogP contribution is -2.02. The molecule has 0 spiro atoms. The van der Waals surface area contributed by atoms with Gasteiger partial charge in [-0.1, -0.05) is 32.3 Å². The van der Waals surface area contributed by atoms with Crippen molar-refractivity contribution < 1.29 is 0 Å². The van der Waals surface area contributed by atoms with E-state index < -0.39 is 0 Å². The highest BCUT2D eigenvalue weighted by molar-refractivity contribution is 4.64. The van der Waals surface area contributed by atoms with Crippen molar-refractivity contribution >= 4 is 0 Å². The van der Waals surface area contributed by atoms with Crippen LogP contribution in [0.3, 0.4) is 0 Å². The van der Waals surface area contributed by atoms with Crippen LogP contribution in [-0.2, 0) is 0 Å². The highest BCUT2D eigenvalue weighted by Crippen LogP contribution is 2.01. The molecule has 0 rings (SSSR count). The Morgan fingerprint density at radius 2 is 1.80 bits per heavy atom. The Labute approximate surface area is 64.3 Å². The molecule has 0 saturated carbocycles. The summed E-state index contributed by atoms with van der Waals surface area (Å²) in [6.07, 6.45) is 8.61. The van der Waals surface area contributed by atoms with Crippen LogP contribution >= 0.6 is 0 Å². The van der Waals surface area contributed by atoms with Crippen LogP contribution in [0.2, 0.25) is 0 Å². The third-order valence-electron chi connectivity index (χ3n) is 1.26. The maximum atomic E-state index is 4.00. The SMILES string of the molecule is C=CCCCCCC.NN. The van der Waals surface area contributed by atoms with Crippen LogP contribution in [0.4, 0.5) is 0 Å². The molecule has 0 aliphatic rings. The molecule has 0 aromatic heterocycles. The standard InChI is InChI=1S/C8H16.H4N2/c1-3-5-7-8-6-4-2;1-2/h3H,1,4-8H2,2H3;1-2H2. The van der Waals surface area contributed by atoms with Gasteiger partial charge in [0.25, 0.3) is 0 Å². The molecule has 10 heavy (non-hydrogen) atoms. The first-order valence-electron chi connectivity index (χ1n) is 3.86. The normalized spacial score (nSPS) is 7.90. The zero-order valence-electron chi connectivity index (χ0n) is 6.97. The molecule has 4 N–H and O–H groups in total. The molecule has 0 heterocycles. The summed E-state index contributed by atoms with van der Waals surface area (Å²) in [7, 11) is 0. The van der Waals surface area contributed by atoms with Crippen LogP contribution in [0.25, 0.3) is 0 Å². The van der Waals surface area contributed by atoms with Gasteiger partial charge in [0.2, 0.25) is 0 Å². The Hall–Kier alpha value is -0.340. The average molecular weight is 144 g/mol. The van der Waals surface area contributed by atoms with Gasteiger partial charge in [-0.25, -0.2) is 0 Å². The number of unbranched alkanes of at least 4 members (excludes halogenated alkanes) is 4. The molecular weight excluding hydrogens is 124 g/mol. The Balaban J connectivity index is 0. The van der Waals surface area contributed by atoms with Crippen LogP contribution in [0.1, 0.15) is 39.0 Å². The lowest BCUT2D eigenvalue weighted by atomic mass is 10.2. The number of rotatable bonds is 5. The predicted octanol–water partition coefficient (Wildman–Crippen LogP) is 1.96. The molecule has 0 unspecified atom stereocenters. The summed E-state index contributed by atoms with van der Waals surface area (Å²) < 4.78 is 0. The van der Waals surface area contributed by atoms with Crippen molar-refractivity contribution in [3.63, 3.8) is 0 Å². The Kier molecular flexibility index (Phi) is 19.6. The molecule has 0 fully saturated rings. The van der Waals surface area contributed by atoms with Crippen molar-refractivity contribution in [3.05, 3.63) is 12.7 Å². The largest absolute Gasteiger partial charge is 0.274 e. The van der Waals surface area contributed by atoms with E-state index in [1.54, 1.807) is 0 Å². The van der Waals surface area contributed by atoms with E-state index in [2.05, 4.69) is 25.2 Å². The van der Waals surface area contributed by atoms with E-state index in [9.17, 15) is 0 Å². The van der Waals surface area contributed by atoms with E-state index in [4.69, 9.17) is 0 Å². The molecule has 0 aliphatic heterocycles. The van der Waals surface area contributed by atoms with Gasteiger partial charge in [-0.2, -0.15) is 0 Å². The van der Waals surface area contributed by atoms with Gasteiger partial charge in [0.05, 0.1) is 0 Å². The molecule has 0 amide bonds. The zero-order valence-corrected chi connectivity index (χ0v) is 6.97. The molecule has 0 saturated heterocycles. The predicted molar refractivity (Wildman–Crippen MR) is 47.3 cm³/mol. The highest BCUT2D eigenvalue weighted by atomic mass is 15.0. The van der Waals surface area contributed by atoms with Crippen molar-refractivity contribution in [1.82, 2.24) is 0 Å². The topological polar surface area (TPSA) is 52.0 Å². The Bertz CT molecular complexity index is 53.2. The van der Waals surface area contributed by atoms with Gasteiger partial charge < -0.3 is 0 Å². The van der Waals surface area contributed by atoms with E-state index in [1.165, 1.54) is 32.1 Å². The van der Waals surface area contributed by atoms with Crippen LogP contribution in [0, 0.1) is 0 Å². The summed E-state index contributed by atoms with van der Waals surface area (Å²) in [5.74, 6) is 8.00. The van der Waals surface area contributed by atoms with Gasteiger partial charge in [0.1, 0.15) is 0 Å². The fourth-order valence-electron chi connectivity index (χ4n) is 0.715. The first kappa shape index (κ1) is 12.3. The van der Waals surface area contributed by atoms with E-state index in [0.717, 1.165) is 0 Å². The molecule has 0 aromatic carbocycles. The molecule has 0 aromatic rings. The second-order valence-corrected chi connectivity index (χ2v) is 2.14. The minimum absolute atomic E-state index is 1.19. The smallest absolute Gasteiger partial charge is 0.0353 e. The summed E-state index contributed by atoms with van der Waals surface area (Å²) in [5.41, 5.74) is 0. The van der Waals surface area contributed by atoms with Gasteiger partial charge >= 0.3 is 0 Å². The van der Waals surface area contributed by atoms with Gasteiger partial charge in [-0.05, 0) is 12.8 Å². The molecule has 0 atom stereocenters. The van der Waals surface area contributed by atoms with E-state index >= 15 is 0 Å². The van der Waals surface area contributed by atoms with Crippen molar-refractivity contribution in [2.75, 3.05) is 0 Å². The summed E-state index contributed by atoms with van der Waals surface area (Å²) in [5, 5.41) is 0. The molecular formula is C8H20N2.